The minimum atomic E-state index is -2.63. The van der Waals surface area contributed by atoms with Crippen molar-refractivity contribution in [3.8, 4) is 5.75 Å². The topological polar surface area (TPSA) is 136 Å². The molecule has 3 aromatic rings. The van der Waals surface area contributed by atoms with Gasteiger partial charge in [-0.2, -0.15) is 0 Å². The summed E-state index contributed by atoms with van der Waals surface area (Å²) in [6, 6.07) is 23.2. The highest BCUT2D eigenvalue weighted by molar-refractivity contribution is 6.32. The fourth-order valence-electron chi connectivity index (χ4n) is 7.11. The minimum absolute atomic E-state index is 0.0245. The van der Waals surface area contributed by atoms with Crippen LogP contribution in [0.15, 0.2) is 90.2 Å². The predicted molar refractivity (Wildman–Crippen MR) is 160 cm³/mol. The smallest absolute Gasteiger partial charge is 0.255 e. The van der Waals surface area contributed by atoms with Gasteiger partial charge in [0, 0.05) is 5.92 Å². The number of primary amides is 1. The van der Waals surface area contributed by atoms with E-state index in [2.05, 4.69) is 0 Å². The lowest BCUT2D eigenvalue weighted by molar-refractivity contribution is -0.170. The molecule has 0 aromatic heterocycles. The van der Waals surface area contributed by atoms with Gasteiger partial charge in [0.25, 0.3) is 5.91 Å². The fourth-order valence-corrected chi connectivity index (χ4v) is 7.11. The van der Waals surface area contributed by atoms with Crippen molar-refractivity contribution in [2.24, 2.45) is 23.5 Å². The molecule has 3 N–H and O–H groups in total. The van der Waals surface area contributed by atoms with Crippen LogP contribution in [0, 0.1) is 17.8 Å². The third-order valence-electron chi connectivity index (χ3n) is 9.09. The van der Waals surface area contributed by atoms with Crippen LogP contribution in [0.4, 0.5) is 0 Å². The number of likely N-dealkylation sites (N-methyl/N-ethyl adjacent to an activating group) is 1. The number of hydrogen-bond donors (Lipinski definition) is 2. The summed E-state index contributed by atoms with van der Waals surface area (Å²) in [6.07, 6.45) is 0.555. The van der Waals surface area contributed by atoms with Crippen LogP contribution in [0.3, 0.4) is 0 Å². The predicted octanol–water partition coefficient (Wildman–Crippen LogP) is 3.03. The highest BCUT2D eigenvalue weighted by Gasteiger charge is 2.67. The van der Waals surface area contributed by atoms with Gasteiger partial charge in [0.2, 0.25) is 5.78 Å². The Hall–Kier alpha value is -4.60. The van der Waals surface area contributed by atoms with Crippen LogP contribution in [-0.2, 0) is 38.8 Å². The van der Waals surface area contributed by atoms with E-state index in [0.29, 0.717) is 12.2 Å². The first-order chi connectivity index (χ1) is 21.1. The Labute approximate surface area is 255 Å². The number of ether oxygens (including phenoxy) is 2. The van der Waals surface area contributed by atoms with Gasteiger partial charge in [-0.15, -0.1) is 0 Å². The largest absolute Gasteiger partial charge is 0.491 e. The lowest BCUT2D eigenvalue weighted by Crippen LogP contribution is -2.69. The molecule has 6 rings (SSSR count). The van der Waals surface area contributed by atoms with E-state index in [-0.39, 0.29) is 31.0 Å². The number of nitrogens with two attached hydrogens (primary N) is 1. The number of Topliss-reactive ketones (excluding diaryl/α,β-unsaturated/α-hetero) is 3. The number of hydrogen-bond acceptors (Lipinski definition) is 8. The monoisotopic (exact) mass is 594 g/mol. The standard InChI is InChI=1S/C35H34N2O7/c1-37(2)29-24-17-23-16-22-14-9-15-25(43-18-20-10-5-3-6-11-20)26(22)30(38)27(23)32(39)35(24,42)33(40)28(34(36)41)31(29)44-19-21-12-7-4-8-13-21/h3-15,23-24,27,29,42H,16-19H2,1-2H3,(H2,36,41). The van der Waals surface area contributed by atoms with Gasteiger partial charge in [0.1, 0.15) is 30.3 Å². The van der Waals surface area contributed by atoms with Crippen LogP contribution < -0.4 is 10.5 Å². The second-order valence-corrected chi connectivity index (χ2v) is 12.0. The normalized spacial score (nSPS) is 26.1. The van der Waals surface area contributed by atoms with E-state index in [1.54, 1.807) is 25.1 Å². The summed E-state index contributed by atoms with van der Waals surface area (Å²) in [7, 11) is 3.44. The molecule has 0 heterocycles. The molecule has 5 atom stereocenters. The molecule has 0 aliphatic heterocycles. The Morgan fingerprint density at radius 3 is 2.11 bits per heavy atom. The Morgan fingerprint density at radius 1 is 0.909 bits per heavy atom. The number of rotatable bonds is 8. The van der Waals surface area contributed by atoms with E-state index < -0.39 is 58.2 Å². The summed E-state index contributed by atoms with van der Waals surface area (Å²) < 4.78 is 12.2. The summed E-state index contributed by atoms with van der Waals surface area (Å²) in [6.45, 7) is 0.271. The van der Waals surface area contributed by atoms with Gasteiger partial charge in [-0.1, -0.05) is 72.8 Å². The molecule has 0 bridgehead atoms. The van der Waals surface area contributed by atoms with Crippen molar-refractivity contribution in [1.29, 1.82) is 0 Å². The summed E-state index contributed by atoms with van der Waals surface area (Å²) in [5, 5.41) is 12.1. The zero-order valence-corrected chi connectivity index (χ0v) is 24.6. The molecule has 3 aliphatic rings. The number of ketones is 3. The second-order valence-electron chi connectivity index (χ2n) is 12.0. The molecule has 44 heavy (non-hydrogen) atoms. The molecule has 9 nitrogen and oxygen atoms in total. The molecule has 5 unspecified atom stereocenters. The maximum Gasteiger partial charge on any atom is 0.255 e. The number of aliphatic hydroxyl groups is 1. The van der Waals surface area contributed by atoms with E-state index in [9.17, 15) is 24.3 Å². The van der Waals surface area contributed by atoms with E-state index in [1.807, 2.05) is 72.8 Å². The van der Waals surface area contributed by atoms with Crippen molar-refractivity contribution in [1.82, 2.24) is 4.90 Å². The number of fused-ring (bicyclic) bond motifs is 3. The second kappa shape index (κ2) is 11.5. The first-order valence-electron chi connectivity index (χ1n) is 14.6. The average molecular weight is 595 g/mol. The zero-order valence-electron chi connectivity index (χ0n) is 24.6. The molecular weight excluding hydrogens is 560 g/mol. The van der Waals surface area contributed by atoms with Gasteiger partial charge in [0.15, 0.2) is 17.2 Å². The Bertz CT molecular complexity index is 1670. The molecule has 9 heteroatoms. The van der Waals surface area contributed by atoms with Crippen LogP contribution in [-0.4, -0.2) is 59.0 Å². The molecule has 1 amide bonds. The molecule has 0 saturated heterocycles. The first-order valence-corrected chi connectivity index (χ1v) is 14.6. The molecule has 1 saturated carbocycles. The summed E-state index contributed by atoms with van der Waals surface area (Å²) >= 11 is 0. The quantitative estimate of drug-likeness (QED) is 0.300. The van der Waals surface area contributed by atoms with Crippen LogP contribution in [0.1, 0.15) is 33.5 Å². The zero-order chi connectivity index (χ0) is 31.2. The van der Waals surface area contributed by atoms with Crippen LogP contribution >= 0.6 is 0 Å². The van der Waals surface area contributed by atoms with Gasteiger partial charge in [-0.25, -0.2) is 0 Å². The molecule has 0 radical (unpaired) electrons. The lowest BCUT2D eigenvalue weighted by Gasteiger charge is -2.52. The van der Waals surface area contributed by atoms with Crippen molar-refractivity contribution in [2.45, 2.75) is 37.7 Å². The van der Waals surface area contributed by atoms with Crippen LogP contribution in [0.2, 0.25) is 0 Å². The van der Waals surface area contributed by atoms with E-state index in [4.69, 9.17) is 15.2 Å². The summed E-state index contributed by atoms with van der Waals surface area (Å²) in [4.78, 5) is 56.9. The average Bonchev–Trinajstić information content (AvgIpc) is 3.01. The molecule has 3 aliphatic carbocycles. The maximum absolute atomic E-state index is 14.3. The molecule has 3 aromatic carbocycles. The van der Waals surface area contributed by atoms with E-state index >= 15 is 0 Å². The number of carbonyl (C=O) groups excluding carboxylic acids is 4. The van der Waals surface area contributed by atoms with Gasteiger partial charge in [-0.3, -0.25) is 24.1 Å². The summed E-state index contributed by atoms with van der Waals surface area (Å²) in [5.74, 6) is -6.00. The van der Waals surface area contributed by atoms with Crippen LogP contribution in [0.25, 0.3) is 0 Å². The lowest BCUT2D eigenvalue weighted by atomic mass is 9.54. The van der Waals surface area contributed by atoms with Gasteiger partial charge >= 0.3 is 0 Å². The van der Waals surface area contributed by atoms with Crippen molar-refractivity contribution < 1.29 is 33.8 Å². The maximum atomic E-state index is 14.3. The minimum Gasteiger partial charge on any atom is -0.491 e. The van der Waals surface area contributed by atoms with E-state index in [1.165, 1.54) is 0 Å². The number of amides is 1. The van der Waals surface area contributed by atoms with Crippen molar-refractivity contribution in [3.63, 3.8) is 0 Å². The third kappa shape index (κ3) is 4.82. The Kier molecular flexibility index (Phi) is 7.69. The first kappa shape index (κ1) is 29.5. The number of carbonyl (C=O) groups is 4. The molecule has 226 valence electrons. The number of nitrogens with zero attached hydrogens (tertiary/aromatic N) is 1. The molecule has 0 spiro atoms. The van der Waals surface area contributed by atoms with Gasteiger partial charge < -0.3 is 20.3 Å². The Morgan fingerprint density at radius 2 is 1.52 bits per heavy atom. The van der Waals surface area contributed by atoms with Gasteiger partial charge in [0.05, 0.1) is 17.5 Å². The van der Waals surface area contributed by atoms with Crippen LogP contribution in [0.5, 0.6) is 5.75 Å². The summed E-state index contributed by atoms with van der Waals surface area (Å²) in [5.41, 5.74) is 5.26. The Balaban J connectivity index is 1.38. The molecular formula is C35H34N2O7. The van der Waals surface area contributed by atoms with Crippen molar-refractivity contribution in [2.75, 3.05) is 14.1 Å². The third-order valence-corrected chi connectivity index (χ3v) is 9.09. The SMILES string of the molecule is CN(C)C1C(OCc2ccccc2)=C(C(N)=O)C(=O)C2(O)C(=O)C3C(=O)c4c(cccc4OCc4ccccc4)CC3CC12. The number of benzene rings is 3. The van der Waals surface area contributed by atoms with Crippen molar-refractivity contribution in [3.05, 3.63) is 112 Å². The fraction of sp³-hybridized carbons (Fsp3) is 0.314. The highest BCUT2D eigenvalue weighted by Crippen LogP contribution is 2.51. The van der Waals surface area contributed by atoms with Crippen molar-refractivity contribution >= 4 is 23.3 Å². The van der Waals surface area contributed by atoms with Gasteiger partial charge in [-0.05, 0) is 55.6 Å². The molecule has 1 fully saturated rings. The highest BCUT2D eigenvalue weighted by atomic mass is 16.5. The van der Waals surface area contributed by atoms with E-state index in [0.717, 1.165) is 16.7 Å².